The van der Waals surface area contributed by atoms with Crippen LogP contribution in [0.4, 0.5) is 5.95 Å². The number of rotatable bonds is 6. The highest BCUT2D eigenvalue weighted by molar-refractivity contribution is 6.61. The summed E-state index contributed by atoms with van der Waals surface area (Å²) in [5.41, 5.74) is 0.105. The molecule has 2 aliphatic rings. The number of nitrogens with zero attached hydrogens (tertiary/aromatic N) is 3. The van der Waals surface area contributed by atoms with E-state index in [1.54, 1.807) is 12.4 Å². The van der Waals surface area contributed by atoms with E-state index in [4.69, 9.17) is 14.4 Å². The second-order valence-corrected chi connectivity index (χ2v) is 7.99. The SMILES string of the molecule is CC1(C)OB(c2cnc(NC[C@@H]3CCN(CCO)C3)nc2)OC1(C)C. The van der Waals surface area contributed by atoms with Gasteiger partial charge in [-0.1, -0.05) is 0 Å². The number of aromatic nitrogens is 2. The molecule has 1 atom stereocenters. The van der Waals surface area contributed by atoms with E-state index in [9.17, 15) is 0 Å². The van der Waals surface area contributed by atoms with Crippen molar-refractivity contribution in [3.8, 4) is 0 Å². The number of hydrogen-bond acceptors (Lipinski definition) is 7. The van der Waals surface area contributed by atoms with Gasteiger partial charge in [-0.05, 0) is 46.6 Å². The molecule has 1 aromatic heterocycles. The van der Waals surface area contributed by atoms with Crippen molar-refractivity contribution in [1.29, 1.82) is 0 Å². The molecular formula is C17H29BN4O3. The maximum Gasteiger partial charge on any atom is 0.498 e. The Balaban J connectivity index is 1.52. The molecule has 0 spiro atoms. The Morgan fingerprint density at radius 1 is 1.24 bits per heavy atom. The number of aliphatic hydroxyl groups excluding tert-OH is 1. The van der Waals surface area contributed by atoms with E-state index in [-0.39, 0.29) is 17.8 Å². The standard InChI is InChI=1S/C17H29BN4O3/c1-16(2)17(3,4)25-18(24-16)14-10-20-15(21-11-14)19-9-13-5-6-22(12-13)7-8-23/h10-11,13,23H,5-9,12H2,1-4H3,(H,19,20,21)/t13-/m0/s1. The highest BCUT2D eigenvalue weighted by Gasteiger charge is 2.51. The number of likely N-dealkylation sites (tertiary alicyclic amines) is 1. The largest absolute Gasteiger partial charge is 0.498 e. The Morgan fingerprint density at radius 2 is 1.88 bits per heavy atom. The highest BCUT2D eigenvalue weighted by Crippen LogP contribution is 2.36. The summed E-state index contributed by atoms with van der Waals surface area (Å²) in [6.45, 7) is 12.0. The summed E-state index contributed by atoms with van der Waals surface area (Å²) in [6, 6.07) is 0. The van der Waals surface area contributed by atoms with Gasteiger partial charge in [0.2, 0.25) is 5.95 Å². The fraction of sp³-hybridized carbons (Fsp3) is 0.765. The monoisotopic (exact) mass is 348 g/mol. The first-order valence-corrected chi connectivity index (χ1v) is 9.05. The molecule has 0 aliphatic carbocycles. The van der Waals surface area contributed by atoms with Gasteiger partial charge in [0.05, 0.1) is 17.8 Å². The van der Waals surface area contributed by atoms with Crippen LogP contribution in [0.15, 0.2) is 12.4 Å². The molecule has 3 heterocycles. The van der Waals surface area contributed by atoms with Crippen LogP contribution in [0.25, 0.3) is 0 Å². The number of aliphatic hydroxyl groups is 1. The van der Waals surface area contributed by atoms with Crippen molar-refractivity contribution in [3.05, 3.63) is 12.4 Å². The third-order valence-electron chi connectivity index (χ3n) is 5.53. The van der Waals surface area contributed by atoms with E-state index < -0.39 is 7.12 Å². The Bertz CT molecular complexity index is 566. The molecule has 1 aromatic rings. The average molecular weight is 348 g/mol. The summed E-state index contributed by atoms with van der Waals surface area (Å²) < 4.78 is 12.0. The number of β-amino-alcohol motifs (C(OH)–C–C–N with tert-alkyl or cyclic N) is 1. The summed E-state index contributed by atoms with van der Waals surface area (Å²) in [7, 11) is -0.430. The lowest BCUT2D eigenvalue weighted by atomic mass is 9.81. The van der Waals surface area contributed by atoms with Gasteiger partial charge in [0.15, 0.2) is 0 Å². The first-order valence-electron chi connectivity index (χ1n) is 9.05. The molecule has 0 radical (unpaired) electrons. The van der Waals surface area contributed by atoms with Crippen molar-refractivity contribution >= 4 is 18.5 Å². The predicted octanol–water partition coefficient (Wildman–Crippen LogP) is 0.502. The molecule has 2 aliphatic heterocycles. The molecule has 138 valence electrons. The molecule has 0 bridgehead atoms. The van der Waals surface area contributed by atoms with Gasteiger partial charge in [0, 0.05) is 37.5 Å². The number of nitrogens with one attached hydrogen (secondary N) is 1. The molecule has 0 aromatic carbocycles. The van der Waals surface area contributed by atoms with Crippen LogP contribution in [0.2, 0.25) is 0 Å². The Kier molecular flexibility index (Phi) is 5.34. The number of hydrogen-bond donors (Lipinski definition) is 2. The van der Waals surface area contributed by atoms with E-state index in [1.807, 2.05) is 27.7 Å². The van der Waals surface area contributed by atoms with Crippen LogP contribution < -0.4 is 10.8 Å². The lowest BCUT2D eigenvalue weighted by Crippen LogP contribution is -2.41. The van der Waals surface area contributed by atoms with E-state index in [2.05, 4.69) is 20.2 Å². The van der Waals surface area contributed by atoms with Crippen molar-refractivity contribution in [2.75, 3.05) is 38.1 Å². The quantitative estimate of drug-likeness (QED) is 0.725. The van der Waals surface area contributed by atoms with Crippen molar-refractivity contribution in [3.63, 3.8) is 0 Å². The summed E-state index contributed by atoms with van der Waals surface area (Å²) in [4.78, 5) is 11.1. The minimum atomic E-state index is -0.430. The first-order chi connectivity index (χ1) is 11.8. The summed E-state index contributed by atoms with van der Waals surface area (Å²) in [6.07, 6.45) is 4.67. The summed E-state index contributed by atoms with van der Waals surface area (Å²) in [5.74, 6) is 1.19. The maximum atomic E-state index is 9.00. The van der Waals surface area contributed by atoms with Crippen LogP contribution in [-0.2, 0) is 9.31 Å². The summed E-state index contributed by atoms with van der Waals surface area (Å²) >= 11 is 0. The molecule has 0 amide bonds. The van der Waals surface area contributed by atoms with Crippen LogP contribution in [0.1, 0.15) is 34.1 Å². The molecule has 8 heteroatoms. The maximum absolute atomic E-state index is 9.00. The van der Waals surface area contributed by atoms with Gasteiger partial charge in [0.1, 0.15) is 0 Å². The smallest absolute Gasteiger partial charge is 0.399 e. The third kappa shape index (κ3) is 4.14. The Morgan fingerprint density at radius 3 is 2.48 bits per heavy atom. The lowest BCUT2D eigenvalue weighted by molar-refractivity contribution is 0.00578. The van der Waals surface area contributed by atoms with Gasteiger partial charge in [0.25, 0.3) is 0 Å². The topological polar surface area (TPSA) is 79.7 Å². The van der Waals surface area contributed by atoms with E-state index >= 15 is 0 Å². The fourth-order valence-electron chi connectivity index (χ4n) is 3.19. The molecule has 2 saturated heterocycles. The van der Waals surface area contributed by atoms with Crippen LogP contribution in [0.5, 0.6) is 0 Å². The third-order valence-corrected chi connectivity index (χ3v) is 5.53. The Hall–Kier alpha value is -1.22. The van der Waals surface area contributed by atoms with Gasteiger partial charge >= 0.3 is 7.12 Å². The predicted molar refractivity (Wildman–Crippen MR) is 97.9 cm³/mol. The molecule has 2 N–H and O–H groups in total. The van der Waals surface area contributed by atoms with Crippen molar-refractivity contribution in [1.82, 2.24) is 14.9 Å². The van der Waals surface area contributed by atoms with E-state index in [0.29, 0.717) is 11.9 Å². The zero-order chi connectivity index (χ0) is 18.1. The Labute approximate surface area is 150 Å². The second kappa shape index (κ2) is 7.19. The normalized spacial score (nSPS) is 25.5. The van der Waals surface area contributed by atoms with Gasteiger partial charge in [-0.15, -0.1) is 0 Å². The summed E-state index contributed by atoms with van der Waals surface area (Å²) in [5, 5.41) is 12.3. The van der Waals surface area contributed by atoms with Crippen molar-refractivity contribution in [2.24, 2.45) is 5.92 Å². The molecule has 2 fully saturated rings. The molecular weight excluding hydrogens is 319 g/mol. The zero-order valence-electron chi connectivity index (χ0n) is 15.7. The zero-order valence-corrected chi connectivity index (χ0v) is 15.7. The van der Waals surface area contributed by atoms with Crippen molar-refractivity contribution in [2.45, 2.75) is 45.3 Å². The lowest BCUT2D eigenvalue weighted by Gasteiger charge is -2.32. The fourth-order valence-corrected chi connectivity index (χ4v) is 3.19. The van der Waals surface area contributed by atoms with Crippen LogP contribution in [0.3, 0.4) is 0 Å². The van der Waals surface area contributed by atoms with E-state index in [1.165, 1.54) is 0 Å². The second-order valence-electron chi connectivity index (χ2n) is 7.99. The van der Waals surface area contributed by atoms with Crippen LogP contribution >= 0.6 is 0 Å². The molecule has 7 nitrogen and oxygen atoms in total. The molecule has 25 heavy (non-hydrogen) atoms. The molecule has 0 unspecified atom stereocenters. The highest BCUT2D eigenvalue weighted by atomic mass is 16.7. The minimum Gasteiger partial charge on any atom is -0.399 e. The molecule has 0 saturated carbocycles. The average Bonchev–Trinajstić information content (AvgIpc) is 3.08. The van der Waals surface area contributed by atoms with Gasteiger partial charge < -0.3 is 24.6 Å². The van der Waals surface area contributed by atoms with Gasteiger partial charge in [-0.2, -0.15) is 0 Å². The van der Waals surface area contributed by atoms with Crippen LogP contribution in [0, 0.1) is 5.92 Å². The minimum absolute atomic E-state index is 0.226. The number of anilines is 1. The van der Waals surface area contributed by atoms with Gasteiger partial charge in [-0.3, -0.25) is 0 Å². The molecule has 3 rings (SSSR count). The van der Waals surface area contributed by atoms with E-state index in [0.717, 1.165) is 38.1 Å². The van der Waals surface area contributed by atoms with Gasteiger partial charge in [-0.25, -0.2) is 9.97 Å². The van der Waals surface area contributed by atoms with Crippen LogP contribution in [-0.4, -0.2) is 71.1 Å². The van der Waals surface area contributed by atoms with Crippen molar-refractivity contribution < 1.29 is 14.4 Å². The first kappa shape index (κ1) is 18.6.